The highest BCUT2D eigenvalue weighted by molar-refractivity contribution is 5.81. The molecule has 9 aromatic rings. The number of rotatable bonds is 9. The van der Waals surface area contributed by atoms with Crippen molar-refractivity contribution in [1.29, 1.82) is 0 Å². The lowest BCUT2D eigenvalue weighted by molar-refractivity contribution is 0.641. The van der Waals surface area contributed by atoms with Crippen molar-refractivity contribution < 1.29 is 0 Å². The Morgan fingerprint density at radius 2 is 0.579 bits per heavy atom. The molecule has 1 nitrogen and oxygen atoms in total. The Labute approximate surface area is 336 Å². The van der Waals surface area contributed by atoms with Crippen LogP contribution in [0.4, 0.5) is 0 Å². The molecule has 272 valence electrons. The van der Waals surface area contributed by atoms with Crippen LogP contribution in [0.2, 0.25) is 0 Å². The summed E-state index contributed by atoms with van der Waals surface area (Å²) in [6.07, 6.45) is 1.90. The van der Waals surface area contributed by atoms with Crippen molar-refractivity contribution in [3.8, 4) is 78.0 Å². The van der Waals surface area contributed by atoms with E-state index in [0.717, 1.165) is 11.3 Å². The fourth-order valence-electron chi connectivity index (χ4n) is 7.85. The lowest BCUT2D eigenvalue weighted by atomic mass is 9.78. The Kier molecular flexibility index (Phi) is 9.73. The second kappa shape index (κ2) is 15.6. The molecule has 0 atom stereocenters. The maximum atomic E-state index is 4.71. The molecule has 0 aliphatic rings. The van der Waals surface area contributed by atoms with Gasteiger partial charge < -0.3 is 0 Å². The van der Waals surface area contributed by atoms with Crippen molar-refractivity contribution in [3.63, 3.8) is 0 Å². The van der Waals surface area contributed by atoms with Crippen LogP contribution in [0.3, 0.4) is 0 Å². The number of pyridine rings is 1. The van der Waals surface area contributed by atoms with Gasteiger partial charge in [-0.1, -0.05) is 196 Å². The molecule has 0 amide bonds. The highest BCUT2D eigenvalue weighted by Crippen LogP contribution is 2.36. The minimum atomic E-state index is -0.0646. The number of aromatic nitrogens is 1. The monoisotopic (exact) mass is 729 g/mol. The van der Waals surface area contributed by atoms with Gasteiger partial charge in [-0.2, -0.15) is 0 Å². The fourth-order valence-corrected chi connectivity index (χ4v) is 7.85. The quantitative estimate of drug-likeness (QED) is 0.144. The lowest BCUT2D eigenvalue weighted by Gasteiger charge is -2.26. The predicted octanol–water partition coefficient (Wildman–Crippen LogP) is 15.1. The van der Waals surface area contributed by atoms with Crippen molar-refractivity contribution in [2.45, 2.75) is 19.3 Å². The molecule has 0 unspecified atom stereocenters. The van der Waals surface area contributed by atoms with E-state index < -0.39 is 0 Å². The molecule has 0 aliphatic carbocycles. The average molecular weight is 730 g/mol. The van der Waals surface area contributed by atoms with Gasteiger partial charge in [0.15, 0.2) is 0 Å². The molecule has 8 aromatic carbocycles. The van der Waals surface area contributed by atoms with Crippen LogP contribution < -0.4 is 0 Å². The van der Waals surface area contributed by atoms with E-state index in [1.165, 1.54) is 77.9 Å². The zero-order chi connectivity index (χ0) is 38.6. The number of benzene rings is 8. The van der Waals surface area contributed by atoms with Gasteiger partial charge in [-0.15, -0.1) is 0 Å². The Hall–Kier alpha value is -7.09. The van der Waals surface area contributed by atoms with E-state index in [4.69, 9.17) is 4.98 Å². The first-order valence-electron chi connectivity index (χ1n) is 19.7. The van der Waals surface area contributed by atoms with Crippen LogP contribution in [0.1, 0.15) is 25.0 Å². The second-order valence-electron chi connectivity index (χ2n) is 15.3. The van der Waals surface area contributed by atoms with Crippen molar-refractivity contribution in [2.75, 3.05) is 0 Å². The van der Waals surface area contributed by atoms with Gasteiger partial charge >= 0.3 is 0 Å². The zero-order valence-corrected chi connectivity index (χ0v) is 32.3. The second-order valence-corrected chi connectivity index (χ2v) is 15.3. The maximum Gasteiger partial charge on any atom is 0.0708 e. The molecule has 0 bridgehead atoms. The van der Waals surface area contributed by atoms with Crippen molar-refractivity contribution in [1.82, 2.24) is 4.98 Å². The standard InChI is InChI=1S/C56H43N/c1-56(2,53-23-7-4-8-24-53)54-31-29-43(30-32-54)45-16-10-19-48(36-45)50-21-11-20-49(37-50)47-18-9-15-44(35-47)41-25-27-42(28-26-41)46-17-12-22-52(38-46)55-39-51(33-34-57-55)40-13-5-3-6-14-40/h3-39H,1-2H3. The van der Waals surface area contributed by atoms with Crippen LogP contribution >= 0.6 is 0 Å². The van der Waals surface area contributed by atoms with Crippen LogP contribution in [0, 0.1) is 0 Å². The highest BCUT2D eigenvalue weighted by atomic mass is 14.7. The zero-order valence-electron chi connectivity index (χ0n) is 32.3. The third-order valence-corrected chi connectivity index (χ3v) is 11.3. The number of hydrogen-bond donors (Lipinski definition) is 0. The summed E-state index contributed by atoms with van der Waals surface area (Å²) in [6.45, 7) is 4.59. The fraction of sp³-hybridized carbons (Fsp3) is 0.0536. The van der Waals surface area contributed by atoms with Gasteiger partial charge in [0.05, 0.1) is 5.69 Å². The molecule has 0 fully saturated rings. The summed E-state index contributed by atoms with van der Waals surface area (Å²) in [5.74, 6) is 0. The van der Waals surface area contributed by atoms with Crippen LogP contribution in [-0.2, 0) is 5.41 Å². The molecule has 1 heteroatoms. The average Bonchev–Trinajstić information content (AvgIpc) is 3.30. The molecule has 57 heavy (non-hydrogen) atoms. The van der Waals surface area contributed by atoms with E-state index in [9.17, 15) is 0 Å². The van der Waals surface area contributed by atoms with E-state index in [1.54, 1.807) is 0 Å². The summed E-state index contributed by atoms with van der Waals surface area (Å²) >= 11 is 0. The Morgan fingerprint density at radius 3 is 1.05 bits per heavy atom. The minimum Gasteiger partial charge on any atom is -0.256 e. The van der Waals surface area contributed by atoms with Gasteiger partial charge in [-0.3, -0.25) is 4.98 Å². The summed E-state index contributed by atoms with van der Waals surface area (Å²) in [6, 6.07) is 78.7. The third kappa shape index (κ3) is 7.61. The first-order valence-corrected chi connectivity index (χ1v) is 19.7. The van der Waals surface area contributed by atoms with E-state index in [-0.39, 0.29) is 5.41 Å². The summed E-state index contributed by atoms with van der Waals surface area (Å²) in [5.41, 5.74) is 19.0. The molecule has 1 aromatic heterocycles. The van der Waals surface area contributed by atoms with Gasteiger partial charge in [0.2, 0.25) is 0 Å². The van der Waals surface area contributed by atoms with Gasteiger partial charge in [-0.05, 0) is 114 Å². The molecule has 0 radical (unpaired) electrons. The van der Waals surface area contributed by atoms with Gasteiger partial charge in [0.25, 0.3) is 0 Å². The summed E-state index contributed by atoms with van der Waals surface area (Å²) in [7, 11) is 0. The SMILES string of the molecule is CC(C)(c1ccccc1)c1ccc(-c2cccc(-c3cccc(-c4cccc(-c5ccc(-c6cccc(-c7cc(-c8ccccc8)ccn7)c6)cc5)c4)c3)c2)cc1. The molecule has 0 saturated heterocycles. The Morgan fingerprint density at radius 1 is 0.263 bits per heavy atom. The van der Waals surface area contributed by atoms with Gasteiger partial charge in [0.1, 0.15) is 0 Å². The van der Waals surface area contributed by atoms with E-state index >= 15 is 0 Å². The van der Waals surface area contributed by atoms with E-state index in [1.807, 2.05) is 12.3 Å². The van der Waals surface area contributed by atoms with Crippen LogP contribution in [0.15, 0.2) is 225 Å². The van der Waals surface area contributed by atoms with Crippen molar-refractivity contribution >= 4 is 0 Å². The predicted molar refractivity (Wildman–Crippen MR) is 241 cm³/mol. The molecular weight excluding hydrogens is 687 g/mol. The van der Waals surface area contributed by atoms with Gasteiger partial charge in [0, 0.05) is 17.2 Å². The van der Waals surface area contributed by atoms with E-state index in [0.29, 0.717) is 0 Å². The third-order valence-electron chi connectivity index (χ3n) is 11.3. The molecule has 0 N–H and O–H groups in total. The van der Waals surface area contributed by atoms with Gasteiger partial charge in [-0.25, -0.2) is 0 Å². The molecule has 0 spiro atoms. The first-order chi connectivity index (χ1) is 28.0. The molecule has 0 saturated carbocycles. The number of nitrogens with zero attached hydrogens (tertiary/aromatic N) is 1. The molecule has 1 heterocycles. The smallest absolute Gasteiger partial charge is 0.0708 e. The summed E-state index contributed by atoms with van der Waals surface area (Å²) < 4.78 is 0. The van der Waals surface area contributed by atoms with E-state index in [2.05, 4.69) is 226 Å². The Bertz CT molecular complexity index is 2780. The van der Waals surface area contributed by atoms with Crippen molar-refractivity contribution in [2.24, 2.45) is 0 Å². The summed E-state index contributed by atoms with van der Waals surface area (Å²) in [4.78, 5) is 4.71. The lowest BCUT2D eigenvalue weighted by Crippen LogP contribution is -2.18. The minimum absolute atomic E-state index is 0.0646. The normalized spacial score (nSPS) is 11.3. The molecule has 9 rings (SSSR count). The topological polar surface area (TPSA) is 12.9 Å². The van der Waals surface area contributed by atoms with Crippen LogP contribution in [0.5, 0.6) is 0 Å². The number of hydrogen-bond acceptors (Lipinski definition) is 1. The van der Waals surface area contributed by atoms with Crippen LogP contribution in [-0.4, -0.2) is 4.98 Å². The first kappa shape index (κ1) is 35.6. The molecule has 0 aliphatic heterocycles. The van der Waals surface area contributed by atoms with Crippen LogP contribution in [0.25, 0.3) is 78.0 Å². The largest absolute Gasteiger partial charge is 0.256 e. The molecular formula is C56H43N. The summed E-state index contributed by atoms with van der Waals surface area (Å²) in [5, 5.41) is 0. The van der Waals surface area contributed by atoms with Crippen molar-refractivity contribution in [3.05, 3.63) is 236 Å². The highest BCUT2D eigenvalue weighted by Gasteiger charge is 2.22. The maximum absolute atomic E-state index is 4.71. The Balaban J connectivity index is 0.930.